The number of hydrogen-bond acceptors (Lipinski definition) is 5. The van der Waals surface area contributed by atoms with Gasteiger partial charge in [-0.05, 0) is 30.6 Å². The quantitative estimate of drug-likeness (QED) is 0.662. The van der Waals surface area contributed by atoms with Crippen molar-refractivity contribution in [1.82, 2.24) is 20.0 Å². The van der Waals surface area contributed by atoms with E-state index in [-0.39, 0.29) is 5.91 Å². The van der Waals surface area contributed by atoms with Crippen molar-refractivity contribution in [3.63, 3.8) is 0 Å². The van der Waals surface area contributed by atoms with Crippen LogP contribution in [0.5, 0.6) is 5.75 Å². The molecule has 3 rings (SSSR count). The van der Waals surface area contributed by atoms with Gasteiger partial charge in [-0.15, -0.1) is 11.3 Å². The molecule has 1 aromatic carbocycles. The van der Waals surface area contributed by atoms with Crippen LogP contribution < -0.4 is 10.1 Å². The van der Waals surface area contributed by atoms with Gasteiger partial charge in [0, 0.05) is 29.2 Å². The molecule has 3 aromatic rings. The van der Waals surface area contributed by atoms with Crippen LogP contribution in [0.4, 0.5) is 0 Å². The normalized spacial score (nSPS) is 10.9. The molecule has 6 nitrogen and oxygen atoms in total. The molecule has 2 aromatic heterocycles. The van der Waals surface area contributed by atoms with Crippen LogP contribution in [0.3, 0.4) is 0 Å². The van der Waals surface area contributed by atoms with Crippen molar-refractivity contribution in [2.75, 3.05) is 20.7 Å². The first-order valence-corrected chi connectivity index (χ1v) is 9.17. The second-order valence-corrected chi connectivity index (χ2v) is 7.06. The summed E-state index contributed by atoms with van der Waals surface area (Å²) in [6, 6.07) is 11.7. The summed E-state index contributed by atoms with van der Waals surface area (Å²) in [4.78, 5) is 15.2. The SMILES string of the molecule is COc1cccc(-n2cc(CN(C)CC(=O)NCc3cccs3)cn2)c1. The van der Waals surface area contributed by atoms with E-state index in [1.54, 1.807) is 18.4 Å². The van der Waals surface area contributed by atoms with E-state index in [1.165, 1.54) is 0 Å². The molecule has 1 N–H and O–H groups in total. The number of nitrogens with zero attached hydrogens (tertiary/aromatic N) is 3. The Hall–Kier alpha value is -2.64. The molecule has 7 heteroatoms. The van der Waals surface area contributed by atoms with E-state index in [4.69, 9.17) is 4.74 Å². The number of hydrogen-bond donors (Lipinski definition) is 1. The van der Waals surface area contributed by atoms with E-state index >= 15 is 0 Å². The molecule has 2 heterocycles. The van der Waals surface area contributed by atoms with Crippen LogP contribution in [0.25, 0.3) is 5.69 Å². The summed E-state index contributed by atoms with van der Waals surface area (Å²) in [7, 11) is 3.57. The van der Waals surface area contributed by atoms with Gasteiger partial charge >= 0.3 is 0 Å². The van der Waals surface area contributed by atoms with Crippen molar-refractivity contribution < 1.29 is 9.53 Å². The van der Waals surface area contributed by atoms with Gasteiger partial charge < -0.3 is 10.1 Å². The van der Waals surface area contributed by atoms with Crippen molar-refractivity contribution in [1.29, 1.82) is 0 Å². The number of methoxy groups -OCH3 is 1. The molecule has 0 aliphatic heterocycles. The van der Waals surface area contributed by atoms with Gasteiger partial charge in [0.2, 0.25) is 5.91 Å². The van der Waals surface area contributed by atoms with Crippen LogP contribution in [0, 0.1) is 0 Å². The number of benzene rings is 1. The summed E-state index contributed by atoms with van der Waals surface area (Å²) in [5.41, 5.74) is 1.98. The molecule has 0 fully saturated rings. The van der Waals surface area contributed by atoms with E-state index in [2.05, 4.69) is 10.4 Å². The summed E-state index contributed by atoms with van der Waals surface area (Å²) in [5, 5.41) is 9.35. The molecule has 26 heavy (non-hydrogen) atoms. The molecule has 0 aliphatic carbocycles. The van der Waals surface area contributed by atoms with Gasteiger partial charge in [0.1, 0.15) is 5.75 Å². The molecular formula is C19H22N4O2S. The third kappa shape index (κ3) is 4.93. The number of thiophene rings is 1. The fraction of sp³-hybridized carbons (Fsp3) is 0.263. The zero-order valence-electron chi connectivity index (χ0n) is 14.9. The Morgan fingerprint density at radius 1 is 1.35 bits per heavy atom. The van der Waals surface area contributed by atoms with Crippen LogP contribution in [0.1, 0.15) is 10.4 Å². The highest BCUT2D eigenvalue weighted by molar-refractivity contribution is 7.09. The number of likely N-dealkylation sites (N-methyl/N-ethyl adjacent to an activating group) is 1. The van der Waals surface area contributed by atoms with Crippen molar-refractivity contribution >= 4 is 17.2 Å². The second-order valence-electron chi connectivity index (χ2n) is 6.02. The predicted molar refractivity (Wildman–Crippen MR) is 103 cm³/mol. The van der Waals surface area contributed by atoms with Crippen LogP contribution in [-0.4, -0.2) is 41.3 Å². The Morgan fingerprint density at radius 2 is 2.23 bits per heavy atom. The summed E-state index contributed by atoms with van der Waals surface area (Å²) in [5.74, 6) is 0.806. The number of nitrogens with one attached hydrogen (secondary N) is 1. The zero-order chi connectivity index (χ0) is 18.4. The molecule has 0 spiro atoms. The number of amides is 1. The maximum absolute atomic E-state index is 12.1. The monoisotopic (exact) mass is 370 g/mol. The summed E-state index contributed by atoms with van der Waals surface area (Å²) >= 11 is 1.64. The topological polar surface area (TPSA) is 59.4 Å². The molecule has 0 atom stereocenters. The maximum atomic E-state index is 12.1. The molecule has 0 bridgehead atoms. The van der Waals surface area contributed by atoms with Gasteiger partial charge in [0.25, 0.3) is 0 Å². The maximum Gasteiger partial charge on any atom is 0.234 e. The van der Waals surface area contributed by atoms with Crippen molar-refractivity contribution in [2.24, 2.45) is 0 Å². The molecule has 1 amide bonds. The van der Waals surface area contributed by atoms with E-state index < -0.39 is 0 Å². The smallest absolute Gasteiger partial charge is 0.234 e. The van der Waals surface area contributed by atoms with Crippen molar-refractivity contribution in [2.45, 2.75) is 13.1 Å². The first-order valence-electron chi connectivity index (χ1n) is 8.29. The second kappa shape index (κ2) is 8.64. The third-order valence-electron chi connectivity index (χ3n) is 3.86. The molecule has 0 saturated carbocycles. The average Bonchev–Trinajstić information content (AvgIpc) is 3.32. The highest BCUT2D eigenvalue weighted by Gasteiger charge is 2.09. The summed E-state index contributed by atoms with van der Waals surface area (Å²) in [6.45, 7) is 1.57. The predicted octanol–water partition coefficient (Wildman–Crippen LogP) is 2.69. The van der Waals surface area contributed by atoms with Gasteiger partial charge in [0.05, 0.1) is 32.1 Å². The molecular weight excluding hydrogens is 348 g/mol. The Labute approximate surface area is 157 Å². The van der Waals surface area contributed by atoms with Gasteiger partial charge in [-0.1, -0.05) is 12.1 Å². The molecule has 136 valence electrons. The summed E-state index contributed by atoms with van der Waals surface area (Å²) < 4.78 is 7.06. The Bertz CT molecular complexity index is 845. The Balaban J connectivity index is 1.52. The first kappa shape index (κ1) is 18.2. The standard InChI is InChI=1S/C19H22N4O2S/c1-22(14-19(24)20-11-18-7-4-8-26-18)12-15-10-21-23(13-15)16-5-3-6-17(9-16)25-2/h3-10,13H,11-12,14H2,1-2H3,(H,20,24). The lowest BCUT2D eigenvalue weighted by Crippen LogP contribution is -2.34. The molecule has 0 unspecified atom stereocenters. The Kier molecular flexibility index (Phi) is 6.04. The lowest BCUT2D eigenvalue weighted by atomic mass is 10.3. The number of carbonyl (C=O) groups is 1. The zero-order valence-corrected chi connectivity index (χ0v) is 15.7. The third-order valence-corrected chi connectivity index (χ3v) is 4.74. The first-order chi connectivity index (χ1) is 12.6. The lowest BCUT2D eigenvalue weighted by molar-refractivity contribution is -0.122. The largest absolute Gasteiger partial charge is 0.497 e. The van der Waals surface area contributed by atoms with E-state index in [1.807, 2.05) is 70.8 Å². The fourth-order valence-electron chi connectivity index (χ4n) is 2.60. The van der Waals surface area contributed by atoms with E-state index in [9.17, 15) is 4.79 Å². The van der Waals surface area contributed by atoms with Crippen LogP contribution in [0.15, 0.2) is 54.2 Å². The van der Waals surface area contributed by atoms with E-state index in [0.29, 0.717) is 19.6 Å². The van der Waals surface area contributed by atoms with Gasteiger partial charge in [0.15, 0.2) is 0 Å². The fourth-order valence-corrected chi connectivity index (χ4v) is 3.25. The van der Waals surface area contributed by atoms with Gasteiger partial charge in [-0.3, -0.25) is 9.69 Å². The van der Waals surface area contributed by atoms with Crippen LogP contribution >= 0.6 is 11.3 Å². The minimum atomic E-state index is 0.0149. The molecule has 0 aliphatic rings. The van der Waals surface area contributed by atoms with Crippen molar-refractivity contribution in [3.05, 3.63) is 64.6 Å². The average molecular weight is 370 g/mol. The number of aromatic nitrogens is 2. The van der Waals surface area contributed by atoms with E-state index in [0.717, 1.165) is 21.9 Å². The highest BCUT2D eigenvalue weighted by Crippen LogP contribution is 2.16. The van der Waals surface area contributed by atoms with Gasteiger partial charge in [-0.25, -0.2) is 4.68 Å². The molecule has 0 saturated heterocycles. The van der Waals surface area contributed by atoms with Crippen molar-refractivity contribution in [3.8, 4) is 11.4 Å². The van der Waals surface area contributed by atoms with Crippen LogP contribution in [0.2, 0.25) is 0 Å². The minimum absolute atomic E-state index is 0.0149. The minimum Gasteiger partial charge on any atom is -0.497 e. The highest BCUT2D eigenvalue weighted by atomic mass is 32.1. The summed E-state index contributed by atoms with van der Waals surface area (Å²) in [6.07, 6.45) is 3.79. The number of ether oxygens (including phenoxy) is 1. The lowest BCUT2D eigenvalue weighted by Gasteiger charge is -2.15. The molecule has 0 radical (unpaired) electrons. The van der Waals surface area contributed by atoms with Crippen LogP contribution in [-0.2, 0) is 17.9 Å². The number of rotatable bonds is 8. The number of carbonyl (C=O) groups excluding carboxylic acids is 1. The Morgan fingerprint density at radius 3 is 3.00 bits per heavy atom. The van der Waals surface area contributed by atoms with Gasteiger partial charge in [-0.2, -0.15) is 5.10 Å².